The summed E-state index contributed by atoms with van der Waals surface area (Å²) >= 11 is 1.69. The molecule has 0 aliphatic heterocycles. The zero-order valence-electron chi connectivity index (χ0n) is 4.83. The van der Waals surface area contributed by atoms with E-state index in [4.69, 9.17) is 6.42 Å². The first-order chi connectivity index (χ1) is 4.33. The van der Waals surface area contributed by atoms with Crippen LogP contribution in [0.3, 0.4) is 0 Å². The van der Waals surface area contributed by atoms with Gasteiger partial charge in [0.15, 0.2) is 0 Å². The van der Waals surface area contributed by atoms with Crippen LogP contribution in [0.15, 0.2) is 24.3 Å². The van der Waals surface area contributed by atoms with Crippen molar-refractivity contribution in [1.82, 2.24) is 0 Å². The van der Waals surface area contributed by atoms with Crippen molar-refractivity contribution in [2.75, 3.05) is 0 Å². The molecule has 1 aromatic rings. The second kappa shape index (κ2) is 2.92. The first-order valence-corrected chi connectivity index (χ1v) is 3.86. The summed E-state index contributed by atoms with van der Waals surface area (Å²) in [5, 5.41) is 0. The van der Waals surface area contributed by atoms with Crippen molar-refractivity contribution in [3.05, 3.63) is 29.8 Å². The molecule has 0 bridgehead atoms. The number of hydrogen-bond donors (Lipinski definition) is 0. The molecular weight excluding hydrogens is 224 g/mol. The molecule has 1 rings (SSSR count). The Morgan fingerprint density at radius 3 is 2.67 bits per heavy atom. The third-order valence-electron chi connectivity index (χ3n) is 1.01. The zero-order valence-corrected chi connectivity index (χ0v) is 7.39. The fourth-order valence-electron chi connectivity index (χ4n) is 0.596. The van der Waals surface area contributed by atoms with E-state index in [0.29, 0.717) is 0 Å². The molecule has 0 atom stereocenters. The molecule has 1 aromatic carbocycles. The molecule has 9 heavy (non-hydrogen) atoms. The van der Waals surface area contributed by atoms with E-state index in [0.717, 1.165) is 5.56 Å². The summed E-state index contributed by atoms with van der Waals surface area (Å²) < 4.78 is 1.26. The number of benzene rings is 1. The Kier molecular flexibility index (Phi) is 2.17. The minimum atomic E-state index is 0.966. The van der Waals surface area contributed by atoms with Crippen LogP contribution in [0.4, 0.5) is 0 Å². The Hall–Kier alpha value is -0.430. The molecule has 44 valence electrons. The summed E-state index contributed by atoms with van der Waals surface area (Å²) in [4.78, 5) is 0. The van der Waals surface area contributed by atoms with Crippen molar-refractivity contribution in [1.29, 1.82) is 0 Å². The minimum absolute atomic E-state index is 0.966. The second-order valence-electron chi connectivity index (χ2n) is 1.69. The summed E-state index contributed by atoms with van der Waals surface area (Å²) in [5.74, 6) is 2.58. The van der Waals surface area contributed by atoms with Gasteiger partial charge in [0, 0.05) is 0 Å². The van der Waals surface area contributed by atoms with Gasteiger partial charge in [0.05, 0.1) is 0 Å². The summed E-state index contributed by atoms with van der Waals surface area (Å²) in [6.07, 6.45) is 5.17. The number of rotatable bonds is 0. The molecule has 0 nitrogen and oxygen atoms in total. The van der Waals surface area contributed by atoms with Crippen molar-refractivity contribution in [3.8, 4) is 12.3 Å². The predicted molar refractivity (Wildman–Crippen MR) is 41.2 cm³/mol. The van der Waals surface area contributed by atoms with Gasteiger partial charge in [-0.3, -0.25) is 0 Å². The van der Waals surface area contributed by atoms with Gasteiger partial charge < -0.3 is 0 Å². The number of hydrogen-bond acceptors (Lipinski definition) is 0. The van der Waals surface area contributed by atoms with Gasteiger partial charge in [0.25, 0.3) is 0 Å². The maximum absolute atomic E-state index is 5.17. The molecule has 0 aromatic heterocycles. The van der Waals surface area contributed by atoms with Gasteiger partial charge >= 0.3 is 68.1 Å². The average molecular weight is 230 g/mol. The molecule has 1 heteroatoms. The Balaban J connectivity index is 3.12. The first kappa shape index (κ1) is 6.69. The zero-order chi connectivity index (χ0) is 6.69. The van der Waals surface area contributed by atoms with E-state index in [1.165, 1.54) is 3.61 Å². The van der Waals surface area contributed by atoms with E-state index in [1.54, 1.807) is 22.3 Å². The summed E-state index contributed by atoms with van der Waals surface area (Å²) in [6, 6.07) is 7.97. The Morgan fingerprint density at radius 2 is 2.22 bits per heavy atom. The van der Waals surface area contributed by atoms with Gasteiger partial charge in [-0.25, -0.2) is 0 Å². The van der Waals surface area contributed by atoms with Crippen LogP contribution in [0, 0.1) is 12.3 Å². The molecule has 0 saturated heterocycles. The standard InChI is InChI=1S/C8H6Te/c1-2-7-4-3-5-8(9)6-7/h1,3-6,9H. The van der Waals surface area contributed by atoms with Crippen LogP contribution in [0.25, 0.3) is 0 Å². The van der Waals surface area contributed by atoms with E-state index in [2.05, 4.69) is 12.0 Å². The van der Waals surface area contributed by atoms with Crippen LogP contribution in [0.2, 0.25) is 0 Å². The molecule has 0 radical (unpaired) electrons. The second-order valence-corrected chi connectivity index (χ2v) is 3.17. The topological polar surface area (TPSA) is 0 Å². The van der Waals surface area contributed by atoms with Crippen LogP contribution in [0.5, 0.6) is 0 Å². The van der Waals surface area contributed by atoms with Crippen molar-refractivity contribution in [3.63, 3.8) is 0 Å². The fraction of sp³-hybridized carbons (Fsp3) is 0. The van der Waals surface area contributed by atoms with Gasteiger partial charge in [-0.2, -0.15) is 0 Å². The molecule has 0 spiro atoms. The van der Waals surface area contributed by atoms with E-state index in [9.17, 15) is 0 Å². The summed E-state index contributed by atoms with van der Waals surface area (Å²) in [5.41, 5.74) is 0.966. The molecule has 0 aliphatic carbocycles. The fourth-order valence-corrected chi connectivity index (χ4v) is 1.24. The van der Waals surface area contributed by atoms with Crippen molar-refractivity contribution in [2.24, 2.45) is 0 Å². The molecular formula is C8H6Te. The van der Waals surface area contributed by atoms with Crippen molar-refractivity contribution < 1.29 is 0 Å². The SMILES string of the molecule is C#Cc1cccc([TeH])c1. The number of terminal acetylenes is 1. The van der Waals surface area contributed by atoms with E-state index in [1.807, 2.05) is 18.2 Å². The van der Waals surface area contributed by atoms with Crippen molar-refractivity contribution in [2.45, 2.75) is 0 Å². The third kappa shape index (κ3) is 1.75. The van der Waals surface area contributed by atoms with Gasteiger partial charge in [0.2, 0.25) is 0 Å². The quantitative estimate of drug-likeness (QED) is 0.440. The van der Waals surface area contributed by atoms with Gasteiger partial charge in [-0.05, 0) is 0 Å². The normalized spacial score (nSPS) is 8.44. The Bertz CT molecular complexity index is 245. The molecule has 0 aliphatic rings. The molecule has 0 fully saturated rings. The van der Waals surface area contributed by atoms with Gasteiger partial charge in [-0.1, -0.05) is 0 Å². The van der Waals surface area contributed by atoms with Gasteiger partial charge in [0.1, 0.15) is 0 Å². The monoisotopic (exact) mass is 232 g/mol. The van der Waals surface area contributed by atoms with Crippen molar-refractivity contribution >= 4 is 25.9 Å². The first-order valence-electron chi connectivity index (χ1n) is 2.58. The molecule has 0 heterocycles. The average Bonchev–Trinajstić information content (AvgIpc) is 1.88. The summed E-state index contributed by atoms with van der Waals surface area (Å²) in [7, 11) is 0. The van der Waals surface area contributed by atoms with E-state index in [-0.39, 0.29) is 0 Å². The van der Waals surface area contributed by atoms with E-state index >= 15 is 0 Å². The van der Waals surface area contributed by atoms with Crippen LogP contribution < -0.4 is 3.61 Å². The third-order valence-corrected chi connectivity index (χ3v) is 1.81. The summed E-state index contributed by atoms with van der Waals surface area (Å²) in [6.45, 7) is 0. The molecule has 0 unspecified atom stereocenters. The van der Waals surface area contributed by atoms with Gasteiger partial charge in [-0.15, -0.1) is 0 Å². The Labute approximate surface area is 68.2 Å². The Morgan fingerprint density at radius 1 is 1.44 bits per heavy atom. The van der Waals surface area contributed by atoms with E-state index < -0.39 is 0 Å². The van der Waals surface area contributed by atoms with Crippen LogP contribution in [-0.2, 0) is 0 Å². The van der Waals surface area contributed by atoms with Crippen LogP contribution in [-0.4, -0.2) is 22.3 Å². The van der Waals surface area contributed by atoms with Crippen LogP contribution >= 0.6 is 0 Å². The maximum atomic E-state index is 5.17. The molecule has 0 saturated carbocycles. The molecule has 0 amide bonds. The predicted octanol–water partition coefficient (Wildman–Crippen LogP) is 0.194. The molecule has 0 N–H and O–H groups in total. The van der Waals surface area contributed by atoms with Crippen LogP contribution in [0.1, 0.15) is 5.56 Å².